The summed E-state index contributed by atoms with van der Waals surface area (Å²) in [4.78, 5) is 0. The van der Waals surface area contributed by atoms with Crippen LogP contribution in [-0.2, 0) is 5.41 Å². The van der Waals surface area contributed by atoms with Crippen LogP contribution in [0.1, 0.15) is 25.0 Å². The molecule has 2 aromatic heterocycles. The fourth-order valence-electron chi connectivity index (χ4n) is 10.5. The molecule has 0 aliphatic heterocycles. The predicted molar refractivity (Wildman–Crippen MR) is 247 cm³/mol. The van der Waals surface area contributed by atoms with E-state index in [1.54, 1.807) is 0 Å². The first-order chi connectivity index (χ1) is 29.0. The Morgan fingerprint density at radius 2 is 0.864 bits per heavy atom. The van der Waals surface area contributed by atoms with Crippen LogP contribution in [0.2, 0.25) is 0 Å². The number of hydrogen-bond donors (Lipinski definition) is 0. The minimum atomic E-state index is -0.112. The quantitative estimate of drug-likeness (QED) is 0.168. The first-order valence-electron chi connectivity index (χ1n) is 20.5. The largest absolute Gasteiger partial charge is 0.456 e. The van der Waals surface area contributed by atoms with E-state index in [4.69, 9.17) is 8.83 Å². The predicted octanol–water partition coefficient (Wildman–Crippen LogP) is 16.3. The lowest BCUT2D eigenvalue weighted by molar-refractivity contribution is 0.656. The third-order valence-electron chi connectivity index (χ3n) is 13.3. The maximum absolute atomic E-state index is 6.53. The summed E-state index contributed by atoms with van der Waals surface area (Å²) < 4.78 is 12.8. The summed E-state index contributed by atoms with van der Waals surface area (Å²) in [7, 11) is 0. The van der Waals surface area contributed by atoms with E-state index in [9.17, 15) is 0 Å². The highest BCUT2D eigenvalue weighted by molar-refractivity contribution is 6.24. The van der Waals surface area contributed by atoms with Crippen molar-refractivity contribution in [3.8, 4) is 44.5 Å². The molecule has 1 aliphatic rings. The third kappa shape index (κ3) is 4.52. The second-order valence-electron chi connectivity index (χ2n) is 16.7. The van der Waals surface area contributed by atoms with Gasteiger partial charge in [-0.3, -0.25) is 0 Å². The van der Waals surface area contributed by atoms with Crippen molar-refractivity contribution in [3.63, 3.8) is 0 Å². The summed E-state index contributed by atoms with van der Waals surface area (Å²) in [5.41, 5.74) is 16.1. The Balaban J connectivity index is 1.14. The Kier molecular flexibility index (Phi) is 6.54. The maximum atomic E-state index is 6.53. The van der Waals surface area contributed by atoms with Crippen molar-refractivity contribution in [2.75, 3.05) is 0 Å². The van der Waals surface area contributed by atoms with Crippen LogP contribution in [0.4, 0.5) is 0 Å². The molecule has 0 spiro atoms. The van der Waals surface area contributed by atoms with E-state index in [0.717, 1.165) is 49.4 Å². The van der Waals surface area contributed by atoms with Gasteiger partial charge in [0.25, 0.3) is 0 Å². The van der Waals surface area contributed by atoms with Gasteiger partial charge in [0.2, 0.25) is 0 Å². The van der Waals surface area contributed by atoms with Gasteiger partial charge in [0.1, 0.15) is 22.3 Å². The molecule has 2 heterocycles. The van der Waals surface area contributed by atoms with E-state index in [2.05, 4.69) is 184 Å². The first-order valence-corrected chi connectivity index (χ1v) is 20.5. The van der Waals surface area contributed by atoms with Crippen LogP contribution >= 0.6 is 0 Å². The highest BCUT2D eigenvalue weighted by Crippen LogP contribution is 2.55. The molecule has 0 unspecified atom stereocenters. The van der Waals surface area contributed by atoms with Gasteiger partial charge in [-0.1, -0.05) is 159 Å². The zero-order chi connectivity index (χ0) is 39.0. The molecule has 10 aromatic carbocycles. The number of fused-ring (bicyclic) bond motifs is 12. The summed E-state index contributed by atoms with van der Waals surface area (Å²) in [6.07, 6.45) is 0. The smallest absolute Gasteiger partial charge is 0.139 e. The van der Waals surface area contributed by atoms with Gasteiger partial charge < -0.3 is 8.83 Å². The number of furan rings is 2. The van der Waals surface area contributed by atoms with Gasteiger partial charge in [0.05, 0.1) is 0 Å². The van der Waals surface area contributed by atoms with Gasteiger partial charge in [0.15, 0.2) is 0 Å². The van der Waals surface area contributed by atoms with Crippen molar-refractivity contribution in [1.29, 1.82) is 0 Å². The number of benzene rings is 10. The van der Waals surface area contributed by atoms with Crippen molar-refractivity contribution in [3.05, 3.63) is 193 Å². The Morgan fingerprint density at radius 3 is 1.73 bits per heavy atom. The Labute approximate surface area is 340 Å². The topological polar surface area (TPSA) is 26.3 Å². The van der Waals surface area contributed by atoms with Crippen molar-refractivity contribution in [1.82, 2.24) is 0 Å². The van der Waals surface area contributed by atoms with Crippen LogP contribution in [0, 0.1) is 0 Å². The SMILES string of the molecule is CC1(C)c2ccccc2-c2c(-c3c4ccccc4c(-c4ccc5oc6cc7oc8ccccc8c7cc6c5c4)c4ccc(-c5cccc6ccccc56)cc34)cccc21. The molecule has 2 nitrogen and oxygen atoms in total. The molecule has 0 N–H and O–H groups in total. The second kappa shape index (κ2) is 11.8. The lowest BCUT2D eigenvalue weighted by Gasteiger charge is -2.23. The van der Waals surface area contributed by atoms with Crippen LogP contribution in [0.5, 0.6) is 0 Å². The Bertz CT molecular complexity index is 3760. The molecule has 59 heavy (non-hydrogen) atoms. The van der Waals surface area contributed by atoms with E-state index in [1.165, 1.54) is 82.4 Å². The van der Waals surface area contributed by atoms with Crippen LogP contribution in [0.3, 0.4) is 0 Å². The molecule has 0 amide bonds. The normalized spacial score (nSPS) is 13.4. The van der Waals surface area contributed by atoms with Crippen molar-refractivity contribution >= 4 is 76.2 Å². The average molecular weight is 753 g/mol. The van der Waals surface area contributed by atoms with Crippen molar-refractivity contribution in [2.24, 2.45) is 0 Å². The molecule has 0 fully saturated rings. The minimum Gasteiger partial charge on any atom is -0.456 e. The molecule has 0 radical (unpaired) electrons. The Hall–Kier alpha value is -7.42. The molecular formula is C57H36O2. The van der Waals surface area contributed by atoms with Crippen LogP contribution < -0.4 is 0 Å². The van der Waals surface area contributed by atoms with Gasteiger partial charge in [-0.15, -0.1) is 0 Å². The molecule has 276 valence electrons. The standard InChI is InChI=1S/C57H36O2/c1-57(2)48-22-9-7-19-42(48)56-43(21-12-23-49(56)57)55-40-18-6-5-17-39(40)54(41-27-25-34(29-47(41)55)37-20-11-14-33-13-3-4-15-36(33)37)35-26-28-51-44(30-35)46-31-45-38-16-8-10-24-50(38)58-52(45)32-53(46)59-51/h3-32H,1-2H3. The molecule has 2 heteroatoms. The van der Waals surface area contributed by atoms with Gasteiger partial charge >= 0.3 is 0 Å². The summed E-state index contributed by atoms with van der Waals surface area (Å²) in [6, 6.07) is 66.8. The monoisotopic (exact) mass is 752 g/mol. The number of hydrogen-bond acceptors (Lipinski definition) is 2. The molecule has 1 aliphatic carbocycles. The second-order valence-corrected chi connectivity index (χ2v) is 16.7. The Morgan fingerprint density at radius 1 is 0.305 bits per heavy atom. The zero-order valence-electron chi connectivity index (χ0n) is 32.6. The van der Waals surface area contributed by atoms with E-state index in [-0.39, 0.29) is 5.41 Å². The first kappa shape index (κ1) is 32.6. The summed E-state index contributed by atoms with van der Waals surface area (Å²) in [5, 5.41) is 11.8. The summed E-state index contributed by atoms with van der Waals surface area (Å²) >= 11 is 0. The number of rotatable bonds is 3. The highest BCUT2D eigenvalue weighted by atomic mass is 16.3. The molecule has 12 aromatic rings. The number of para-hydroxylation sites is 1. The third-order valence-corrected chi connectivity index (χ3v) is 13.3. The molecule has 13 rings (SSSR count). The van der Waals surface area contributed by atoms with E-state index < -0.39 is 0 Å². The van der Waals surface area contributed by atoms with Crippen LogP contribution in [-0.4, -0.2) is 0 Å². The molecular weight excluding hydrogens is 717 g/mol. The fourth-order valence-corrected chi connectivity index (χ4v) is 10.5. The molecule has 0 saturated heterocycles. The molecule has 0 atom stereocenters. The molecule has 0 bridgehead atoms. The highest BCUT2D eigenvalue weighted by Gasteiger charge is 2.37. The lowest BCUT2D eigenvalue weighted by atomic mass is 9.80. The van der Waals surface area contributed by atoms with Crippen LogP contribution in [0.15, 0.2) is 191 Å². The maximum Gasteiger partial charge on any atom is 0.139 e. The zero-order valence-corrected chi connectivity index (χ0v) is 32.6. The van der Waals surface area contributed by atoms with E-state index >= 15 is 0 Å². The van der Waals surface area contributed by atoms with E-state index in [1.807, 2.05) is 12.1 Å². The van der Waals surface area contributed by atoms with Crippen LogP contribution in [0.25, 0.3) is 121 Å². The van der Waals surface area contributed by atoms with E-state index in [0.29, 0.717) is 0 Å². The van der Waals surface area contributed by atoms with Gasteiger partial charge in [-0.05, 0) is 118 Å². The van der Waals surface area contributed by atoms with Gasteiger partial charge in [-0.25, -0.2) is 0 Å². The summed E-state index contributed by atoms with van der Waals surface area (Å²) in [5.74, 6) is 0. The van der Waals surface area contributed by atoms with Crippen molar-refractivity contribution in [2.45, 2.75) is 19.3 Å². The van der Waals surface area contributed by atoms with Gasteiger partial charge in [-0.2, -0.15) is 0 Å². The lowest BCUT2D eigenvalue weighted by Crippen LogP contribution is -2.14. The minimum absolute atomic E-state index is 0.112. The van der Waals surface area contributed by atoms with Crippen molar-refractivity contribution < 1.29 is 8.83 Å². The summed E-state index contributed by atoms with van der Waals surface area (Å²) in [6.45, 7) is 4.74. The molecule has 0 saturated carbocycles. The fraction of sp³-hybridized carbons (Fsp3) is 0.0526. The average Bonchev–Trinajstić information content (AvgIpc) is 3.90. The van der Waals surface area contributed by atoms with Gasteiger partial charge in [0, 0.05) is 33.0 Å².